The third-order valence-corrected chi connectivity index (χ3v) is 9.68. The maximum absolute atomic E-state index is 3.83. The van der Waals surface area contributed by atoms with E-state index < -0.39 is 17.2 Å². The summed E-state index contributed by atoms with van der Waals surface area (Å²) in [5, 5.41) is 0. The van der Waals surface area contributed by atoms with Crippen molar-refractivity contribution in [3.8, 4) is 0 Å². The Labute approximate surface area is 85.9 Å². The number of hydrogen-bond donors (Lipinski definition) is 0. The van der Waals surface area contributed by atoms with Crippen LogP contribution < -0.4 is 0 Å². The Kier molecular flexibility index (Phi) is 5.52. The number of hydrogen-bond acceptors (Lipinski definition) is 1. The van der Waals surface area contributed by atoms with E-state index >= 15 is 0 Å². The van der Waals surface area contributed by atoms with Crippen molar-refractivity contribution in [1.82, 2.24) is 4.23 Å². The molecule has 0 heterocycles. The number of nitrogens with zero attached hydrogens (tertiary/aromatic N) is 1. The van der Waals surface area contributed by atoms with Crippen molar-refractivity contribution in [2.24, 2.45) is 0 Å². The molecule has 0 saturated carbocycles. The summed E-state index contributed by atoms with van der Waals surface area (Å²) in [6.45, 7) is 14.8. The van der Waals surface area contributed by atoms with Crippen molar-refractivity contribution in [3.05, 3.63) is 25.3 Å². The molecular weight excluding hydrogens is 190 g/mol. The van der Waals surface area contributed by atoms with Gasteiger partial charge >= 0.3 is 0 Å². The van der Waals surface area contributed by atoms with E-state index in [1.54, 1.807) is 0 Å². The molecule has 0 N–H and O–H groups in total. The molecule has 0 aromatic rings. The fraction of sp³-hybridized carbons (Fsp3) is 0.600. The molecule has 0 atom stereocenters. The summed E-state index contributed by atoms with van der Waals surface area (Å²) in [6.07, 6.45) is 4.10. The van der Waals surface area contributed by atoms with E-state index in [9.17, 15) is 0 Å². The third kappa shape index (κ3) is 4.59. The van der Waals surface area contributed by atoms with Crippen molar-refractivity contribution in [2.75, 3.05) is 7.05 Å². The van der Waals surface area contributed by atoms with E-state index in [0.717, 1.165) is 12.1 Å². The van der Waals surface area contributed by atoms with Crippen LogP contribution in [0.25, 0.3) is 0 Å². The first kappa shape index (κ1) is 12.9. The average molecular weight is 212 g/mol. The van der Waals surface area contributed by atoms with Gasteiger partial charge in [-0.3, -0.25) is 0 Å². The molecule has 13 heavy (non-hydrogen) atoms. The molecule has 0 aliphatic heterocycles. The second-order valence-electron chi connectivity index (χ2n) is 4.28. The van der Waals surface area contributed by atoms with Crippen molar-refractivity contribution in [3.63, 3.8) is 0 Å². The summed E-state index contributed by atoms with van der Waals surface area (Å²) >= 11 is 0. The van der Waals surface area contributed by atoms with E-state index in [4.69, 9.17) is 0 Å². The lowest BCUT2D eigenvalue weighted by Crippen LogP contribution is -2.51. The highest BCUT2D eigenvalue weighted by atomic mass is 28.4. The first-order chi connectivity index (χ1) is 5.93. The van der Waals surface area contributed by atoms with Gasteiger partial charge in [0.25, 0.3) is 0 Å². The first-order valence-electron chi connectivity index (χ1n) is 4.73. The molecule has 1 nitrogen and oxygen atoms in total. The summed E-state index contributed by atoms with van der Waals surface area (Å²) < 4.78 is 2.63. The Bertz CT molecular complexity index is 162. The lowest BCUT2D eigenvalue weighted by Gasteiger charge is -2.35. The highest BCUT2D eigenvalue weighted by Crippen LogP contribution is 2.14. The van der Waals surface area contributed by atoms with E-state index in [1.807, 2.05) is 0 Å². The van der Waals surface area contributed by atoms with Gasteiger partial charge in [-0.15, -0.1) is 13.2 Å². The van der Waals surface area contributed by atoms with Gasteiger partial charge in [0.2, 0.25) is 0 Å². The first-order valence-corrected chi connectivity index (χ1v) is 10.0. The third-order valence-electron chi connectivity index (χ3n) is 2.24. The molecule has 0 aromatic heterocycles. The second-order valence-corrected chi connectivity index (χ2v) is 12.4. The number of rotatable bonds is 6. The normalized spacial score (nSPS) is 12.2. The maximum atomic E-state index is 3.83. The zero-order valence-corrected chi connectivity index (χ0v) is 11.4. The van der Waals surface area contributed by atoms with Crippen molar-refractivity contribution in [1.29, 1.82) is 0 Å². The smallest absolute Gasteiger partial charge is 0.137 e. The predicted molar refractivity (Wildman–Crippen MR) is 66.9 cm³/mol. The van der Waals surface area contributed by atoms with Gasteiger partial charge in [-0.1, -0.05) is 31.8 Å². The minimum absolute atomic E-state index is 0.423. The van der Waals surface area contributed by atoms with Gasteiger partial charge in [0.15, 0.2) is 0 Å². The van der Waals surface area contributed by atoms with Crippen LogP contribution >= 0.6 is 0 Å². The molecule has 0 aliphatic rings. The minimum Gasteiger partial charge on any atom is -0.349 e. The van der Waals surface area contributed by atoms with Crippen LogP contribution in [0.4, 0.5) is 0 Å². The van der Waals surface area contributed by atoms with Gasteiger partial charge < -0.3 is 4.23 Å². The average Bonchev–Trinajstić information content (AvgIpc) is 2.01. The molecule has 0 fully saturated rings. The predicted octanol–water partition coefficient (Wildman–Crippen LogP) is 3.12. The Morgan fingerprint density at radius 3 is 1.77 bits per heavy atom. The maximum Gasteiger partial charge on any atom is 0.137 e. The van der Waals surface area contributed by atoms with Crippen LogP contribution in [-0.2, 0) is 0 Å². The van der Waals surface area contributed by atoms with Crippen molar-refractivity contribution < 1.29 is 0 Å². The Hall–Kier alpha value is -0.126. The molecular formula is C10H22NSi2. The largest absolute Gasteiger partial charge is 0.349 e. The molecule has 0 amide bonds. The van der Waals surface area contributed by atoms with Crippen LogP contribution in [0.3, 0.4) is 0 Å². The molecule has 0 saturated heterocycles. The van der Waals surface area contributed by atoms with Crippen molar-refractivity contribution in [2.45, 2.75) is 31.7 Å². The van der Waals surface area contributed by atoms with Crippen molar-refractivity contribution >= 4 is 17.2 Å². The van der Waals surface area contributed by atoms with Gasteiger partial charge in [0.05, 0.1) is 0 Å². The summed E-state index contributed by atoms with van der Waals surface area (Å²) in [7, 11) is 0.734. The molecule has 1 radical (unpaired) electrons. The summed E-state index contributed by atoms with van der Waals surface area (Å²) in [5.41, 5.74) is 0. The van der Waals surface area contributed by atoms with Gasteiger partial charge in [-0.2, -0.15) is 0 Å². The van der Waals surface area contributed by atoms with Crippen LogP contribution in [0.5, 0.6) is 0 Å². The molecule has 0 aromatic carbocycles. The van der Waals surface area contributed by atoms with Gasteiger partial charge in [-0.25, -0.2) is 0 Å². The lowest BCUT2D eigenvalue weighted by atomic mass is 10.7. The van der Waals surface area contributed by atoms with Crippen LogP contribution in [0.2, 0.25) is 31.7 Å². The quantitative estimate of drug-likeness (QED) is 0.483. The number of allylic oxidation sites excluding steroid dienone is 2. The zero-order chi connectivity index (χ0) is 10.5. The SMILES string of the molecule is C=CC[Si](CC=C)N(C)[Si](C)(C)C. The van der Waals surface area contributed by atoms with E-state index in [-0.39, 0.29) is 0 Å². The van der Waals surface area contributed by atoms with Gasteiger partial charge in [0, 0.05) is 0 Å². The van der Waals surface area contributed by atoms with E-state index in [1.165, 1.54) is 0 Å². The highest BCUT2D eigenvalue weighted by Gasteiger charge is 2.26. The fourth-order valence-corrected chi connectivity index (χ4v) is 6.89. The molecule has 0 rings (SSSR count). The van der Waals surface area contributed by atoms with Crippen LogP contribution in [0.1, 0.15) is 0 Å². The van der Waals surface area contributed by atoms with Crippen LogP contribution in [0, 0.1) is 0 Å². The molecule has 0 unspecified atom stereocenters. The minimum atomic E-state index is -1.12. The second kappa shape index (κ2) is 5.57. The topological polar surface area (TPSA) is 3.24 Å². The van der Waals surface area contributed by atoms with Crippen LogP contribution in [0.15, 0.2) is 25.3 Å². The standard InChI is InChI=1S/C10H22NSi2/c1-7-9-12(10-8-2)11(3)13(4,5)6/h7-8H,1-2,9-10H2,3-6H3. The van der Waals surface area contributed by atoms with Gasteiger partial charge in [-0.05, 0) is 19.1 Å². The highest BCUT2D eigenvalue weighted by molar-refractivity contribution is 6.83. The van der Waals surface area contributed by atoms with Crippen LogP contribution in [-0.4, -0.2) is 28.5 Å². The van der Waals surface area contributed by atoms with Gasteiger partial charge in [0.1, 0.15) is 17.2 Å². The van der Waals surface area contributed by atoms with E-state index in [0.29, 0.717) is 0 Å². The molecule has 0 aliphatic carbocycles. The molecule has 75 valence electrons. The summed E-state index contributed by atoms with van der Waals surface area (Å²) in [5.74, 6) is 0. The Morgan fingerprint density at radius 1 is 1.15 bits per heavy atom. The fourth-order valence-electron chi connectivity index (χ4n) is 1.16. The molecule has 0 spiro atoms. The molecule has 0 bridgehead atoms. The molecule has 3 heteroatoms. The zero-order valence-electron chi connectivity index (χ0n) is 9.43. The Balaban J connectivity index is 4.34. The monoisotopic (exact) mass is 212 g/mol. The van der Waals surface area contributed by atoms with E-state index in [2.05, 4.69) is 56.2 Å². The summed E-state index contributed by atoms with van der Waals surface area (Å²) in [4.78, 5) is 0. The lowest BCUT2D eigenvalue weighted by molar-refractivity contribution is 0.772. The summed E-state index contributed by atoms with van der Waals surface area (Å²) in [6, 6.07) is 2.33. The Morgan fingerprint density at radius 2 is 1.54 bits per heavy atom.